The van der Waals surface area contributed by atoms with Crippen molar-refractivity contribution in [3.05, 3.63) is 22.2 Å². The van der Waals surface area contributed by atoms with Crippen molar-refractivity contribution >= 4 is 15.9 Å². The van der Waals surface area contributed by atoms with E-state index in [1.54, 1.807) is 7.11 Å². The van der Waals surface area contributed by atoms with Crippen molar-refractivity contribution in [2.45, 2.75) is 31.9 Å². The summed E-state index contributed by atoms with van der Waals surface area (Å²) in [5.41, 5.74) is 6.71. The standard InChI is InChI=1S/C12H16BrNO2/c1-15-11-6-9(13)5-8(7-14)12(11)16-10-3-2-4-10/h5-6,10H,2-4,7,14H2,1H3. The average Bonchev–Trinajstić information content (AvgIpc) is 2.23. The summed E-state index contributed by atoms with van der Waals surface area (Å²) in [5.74, 6) is 1.56. The molecule has 0 bridgehead atoms. The van der Waals surface area contributed by atoms with E-state index in [1.807, 2.05) is 12.1 Å². The lowest BCUT2D eigenvalue weighted by molar-refractivity contribution is 0.115. The number of hydrogen-bond acceptors (Lipinski definition) is 3. The van der Waals surface area contributed by atoms with Crippen molar-refractivity contribution in [1.29, 1.82) is 0 Å². The molecule has 0 spiro atoms. The molecule has 0 saturated heterocycles. The van der Waals surface area contributed by atoms with E-state index in [9.17, 15) is 0 Å². The van der Waals surface area contributed by atoms with Crippen LogP contribution in [0.15, 0.2) is 16.6 Å². The average molecular weight is 286 g/mol. The SMILES string of the molecule is COc1cc(Br)cc(CN)c1OC1CCC1. The van der Waals surface area contributed by atoms with Crippen molar-refractivity contribution in [3.63, 3.8) is 0 Å². The molecule has 1 aromatic rings. The van der Waals surface area contributed by atoms with Crippen LogP contribution in [0, 0.1) is 0 Å². The molecule has 0 unspecified atom stereocenters. The van der Waals surface area contributed by atoms with E-state index in [2.05, 4.69) is 15.9 Å². The van der Waals surface area contributed by atoms with Gasteiger partial charge in [0.05, 0.1) is 13.2 Å². The number of hydrogen-bond donors (Lipinski definition) is 1. The lowest BCUT2D eigenvalue weighted by Crippen LogP contribution is -2.25. The lowest BCUT2D eigenvalue weighted by atomic mass is 9.96. The van der Waals surface area contributed by atoms with Gasteiger partial charge < -0.3 is 15.2 Å². The van der Waals surface area contributed by atoms with Gasteiger partial charge in [-0.2, -0.15) is 0 Å². The van der Waals surface area contributed by atoms with Crippen LogP contribution in [-0.4, -0.2) is 13.2 Å². The smallest absolute Gasteiger partial charge is 0.166 e. The van der Waals surface area contributed by atoms with Crippen LogP contribution in [0.1, 0.15) is 24.8 Å². The first-order chi connectivity index (χ1) is 7.74. The van der Waals surface area contributed by atoms with E-state index < -0.39 is 0 Å². The van der Waals surface area contributed by atoms with Crippen LogP contribution in [-0.2, 0) is 6.54 Å². The molecule has 1 aliphatic rings. The van der Waals surface area contributed by atoms with E-state index in [4.69, 9.17) is 15.2 Å². The molecule has 88 valence electrons. The molecule has 1 aliphatic carbocycles. The molecule has 0 atom stereocenters. The van der Waals surface area contributed by atoms with Gasteiger partial charge in [-0.1, -0.05) is 15.9 Å². The number of ether oxygens (including phenoxy) is 2. The minimum atomic E-state index is 0.334. The van der Waals surface area contributed by atoms with Crippen molar-refractivity contribution in [3.8, 4) is 11.5 Å². The van der Waals surface area contributed by atoms with Crippen LogP contribution in [0.5, 0.6) is 11.5 Å². The summed E-state index contributed by atoms with van der Waals surface area (Å²) < 4.78 is 12.2. The zero-order chi connectivity index (χ0) is 11.5. The summed E-state index contributed by atoms with van der Waals surface area (Å²) in [7, 11) is 1.65. The largest absolute Gasteiger partial charge is 0.493 e. The van der Waals surface area contributed by atoms with Crippen LogP contribution in [0.2, 0.25) is 0 Å². The second-order valence-corrected chi connectivity index (χ2v) is 4.89. The van der Waals surface area contributed by atoms with Gasteiger partial charge in [-0.3, -0.25) is 0 Å². The molecule has 1 fully saturated rings. The fraction of sp³-hybridized carbons (Fsp3) is 0.500. The van der Waals surface area contributed by atoms with Gasteiger partial charge in [-0.15, -0.1) is 0 Å². The van der Waals surface area contributed by atoms with E-state index in [0.717, 1.165) is 34.4 Å². The van der Waals surface area contributed by atoms with E-state index in [1.165, 1.54) is 6.42 Å². The Bertz CT molecular complexity index is 352. The molecular formula is C12H16BrNO2. The van der Waals surface area contributed by atoms with Gasteiger partial charge in [-0.25, -0.2) is 0 Å². The summed E-state index contributed by atoms with van der Waals surface area (Å²) in [5, 5.41) is 0. The minimum Gasteiger partial charge on any atom is -0.493 e. The van der Waals surface area contributed by atoms with Crippen LogP contribution in [0.3, 0.4) is 0 Å². The Kier molecular flexibility index (Phi) is 3.71. The molecule has 1 saturated carbocycles. The monoisotopic (exact) mass is 285 g/mol. The first-order valence-corrected chi connectivity index (χ1v) is 6.27. The predicted molar refractivity (Wildman–Crippen MR) is 66.9 cm³/mol. The number of nitrogens with two attached hydrogens (primary N) is 1. The van der Waals surface area contributed by atoms with Gasteiger partial charge in [0.1, 0.15) is 0 Å². The summed E-state index contributed by atoms with van der Waals surface area (Å²) in [6, 6.07) is 3.89. The second kappa shape index (κ2) is 5.06. The van der Waals surface area contributed by atoms with E-state index in [0.29, 0.717) is 12.6 Å². The Hall–Kier alpha value is -0.740. The maximum absolute atomic E-state index is 5.92. The molecule has 3 nitrogen and oxygen atoms in total. The normalized spacial score (nSPS) is 15.7. The number of methoxy groups -OCH3 is 1. The van der Waals surface area contributed by atoms with Gasteiger partial charge in [0, 0.05) is 16.6 Å². The zero-order valence-corrected chi connectivity index (χ0v) is 10.9. The number of rotatable bonds is 4. The highest BCUT2D eigenvalue weighted by atomic mass is 79.9. The van der Waals surface area contributed by atoms with Gasteiger partial charge in [0.25, 0.3) is 0 Å². The van der Waals surface area contributed by atoms with Crippen LogP contribution in [0.4, 0.5) is 0 Å². The molecule has 4 heteroatoms. The third kappa shape index (κ3) is 2.33. The quantitative estimate of drug-likeness (QED) is 0.925. The summed E-state index contributed by atoms with van der Waals surface area (Å²) >= 11 is 3.43. The molecule has 0 amide bonds. The number of benzene rings is 1. The highest BCUT2D eigenvalue weighted by Crippen LogP contribution is 2.37. The molecule has 0 radical (unpaired) electrons. The fourth-order valence-corrected chi connectivity index (χ4v) is 2.20. The van der Waals surface area contributed by atoms with Crippen molar-refractivity contribution in [2.24, 2.45) is 5.73 Å². The van der Waals surface area contributed by atoms with Crippen molar-refractivity contribution in [2.75, 3.05) is 7.11 Å². The topological polar surface area (TPSA) is 44.5 Å². The van der Waals surface area contributed by atoms with Gasteiger partial charge >= 0.3 is 0 Å². The Morgan fingerprint density at radius 1 is 1.44 bits per heavy atom. The molecule has 16 heavy (non-hydrogen) atoms. The first kappa shape index (κ1) is 11.7. The van der Waals surface area contributed by atoms with Crippen LogP contribution < -0.4 is 15.2 Å². The van der Waals surface area contributed by atoms with Gasteiger partial charge in [0.2, 0.25) is 0 Å². The molecule has 0 aromatic heterocycles. The second-order valence-electron chi connectivity index (χ2n) is 3.97. The summed E-state index contributed by atoms with van der Waals surface area (Å²) in [6.45, 7) is 0.456. The first-order valence-electron chi connectivity index (χ1n) is 5.47. The minimum absolute atomic E-state index is 0.334. The number of halogens is 1. The van der Waals surface area contributed by atoms with Crippen LogP contribution in [0.25, 0.3) is 0 Å². The maximum Gasteiger partial charge on any atom is 0.166 e. The van der Waals surface area contributed by atoms with E-state index in [-0.39, 0.29) is 0 Å². The molecular weight excluding hydrogens is 270 g/mol. The molecule has 2 rings (SSSR count). The highest BCUT2D eigenvalue weighted by Gasteiger charge is 2.22. The van der Waals surface area contributed by atoms with Crippen LogP contribution >= 0.6 is 15.9 Å². The Balaban J connectivity index is 2.30. The van der Waals surface area contributed by atoms with Gasteiger partial charge in [0.15, 0.2) is 11.5 Å². The molecule has 0 heterocycles. The summed E-state index contributed by atoms with van der Waals surface area (Å²) in [4.78, 5) is 0. The van der Waals surface area contributed by atoms with Crippen molar-refractivity contribution < 1.29 is 9.47 Å². The Labute approximate surface area is 104 Å². The third-order valence-electron chi connectivity index (χ3n) is 2.87. The Morgan fingerprint density at radius 2 is 2.19 bits per heavy atom. The summed E-state index contributed by atoms with van der Waals surface area (Å²) in [6.07, 6.45) is 3.84. The maximum atomic E-state index is 5.92. The fourth-order valence-electron chi connectivity index (χ4n) is 1.72. The van der Waals surface area contributed by atoms with Crippen molar-refractivity contribution in [1.82, 2.24) is 0 Å². The Morgan fingerprint density at radius 3 is 2.69 bits per heavy atom. The third-order valence-corrected chi connectivity index (χ3v) is 3.33. The molecule has 1 aromatic carbocycles. The molecule has 2 N–H and O–H groups in total. The zero-order valence-electron chi connectivity index (χ0n) is 9.33. The van der Waals surface area contributed by atoms with Gasteiger partial charge in [-0.05, 0) is 31.4 Å². The highest BCUT2D eigenvalue weighted by molar-refractivity contribution is 9.10. The lowest BCUT2D eigenvalue weighted by Gasteiger charge is -2.28. The predicted octanol–water partition coefficient (Wildman–Crippen LogP) is 2.85. The van der Waals surface area contributed by atoms with E-state index >= 15 is 0 Å². The molecule has 0 aliphatic heterocycles.